The van der Waals surface area contributed by atoms with Crippen LogP contribution in [0.5, 0.6) is 5.75 Å². The molecule has 1 saturated heterocycles. The molecule has 0 unspecified atom stereocenters. The van der Waals surface area contributed by atoms with Crippen molar-refractivity contribution in [2.24, 2.45) is 0 Å². The van der Waals surface area contributed by atoms with E-state index in [4.69, 9.17) is 4.74 Å². The Morgan fingerprint density at radius 3 is 2.49 bits per heavy atom. The number of piperazine rings is 1. The number of phenolic OH excluding ortho intramolecular Hbond substituents is 1. The number of hydrogen-bond donors (Lipinski definition) is 1. The molecule has 8 nitrogen and oxygen atoms in total. The van der Waals surface area contributed by atoms with Crippen molar-refractivity contribution in [2.75, 3.05) is 19.7 Å². The third kappa shape index (κ3) is 7.89. The van der Waals surface area contributed by atoms with Gasteiger partial charge in [-0.1, -0.05) is 66.7 Å². The summed E-state index contributed by atoms with van der Waals surface area (Å²) in [7, 11) is 0. The van der Waals surface area contributed by atoms with Crippen molar-refractivity contribution < 1.29 is 14.6 Å². The number of carbonyl (C=O) groups excluding carboxylic acids is 1. The van der Waals surface area contributed by atoms with Crippen LogP contribution < -0.4 is 0 Å². The number of ether oxygens (including phenoxy) is 1. The number of aromatic hydroxyl groups is 1. The quantitative estimate of drug-likeness (QED) is 0.161. The Labute approximate surface area is 254 Å². The summed E-state index contributed by atoms with van der Waals surface area (Å²) in [4.78, 5) is 18.4. The van der Waals surface area contributed by atoms with Gasteiger partial charge in [-0.05, 0) is 62.4 Å². The van der Waals surface area contributed by atoms with Gasteiger partial charge in [0.25, 0.3) is 0 Å². The van der Waals surface area contributed by atoms with Gasteiger partial charge in [0.2, 0.25) is 0 Å². The molecule has 8 heteroatoms. The first kappa shape index (κ1) is 30.4. The largest absolute Gasteiger partial charge is 0.508 e. The first-order valence-electron chi connectivity index (χ1n) is 15.4. The van der Waals surface area contributed by atoms with Gasteiger partial charge in [0.05, 0.1) is 25.4 Å². The van der Waals surface area contributed by atoms with Crippen molar-refractivity contribution in [3.63, 3.8) is 0 Å². The van der Waals surface area contributed by atoms with Gasteiger partial charge in [-0.2, -0.15) is 15.0 Å². The van der Waals surface area contributed by atoms with Crippen LogP contribution in [-0.4, -0.2) is 67.6 Å². The summed E-state index contributed by atoms with van der Waals surface area (Å²) in [5, 5.41) is 19.5. The Kier molecular flexibility index (Phi) is 10.2. The zero-order valence-electron chi connectivity index (χ0n) is 25.5. The highest BCUT2D eigenvalue weighted by Gasteiger charge is 2.35. The molecule has 0 saturated carbocycles. The summed E-state index contributed by atoms with van der Waals surface area (Å²) in [6.07, 6.45) is 3.77. The topological polar surface area (TPSA) is 83.7 Å². The van der Waals surface area contributed by atoms with Crippen LogP contribution in [-0.2, 0) is 22.6 Å². The van der Waals surface area contributed by atoms with Crippen LogP contribution >= 0.6 is 0 Å². The minimum atomic E-state index is -0.154. The normalized spacial score (nSPS) is 18.4. The van der Waals surface area contributed by atoms with Gasteiger partial charge < -0.3 is 9.84 Å². The second kappa shape index (κ2) is 14.4. The van der Waals surface area contributed by atoms with Gasteiger partial charge in [0, 0.05) is 43.7 Å². The van der Waals surface area contributed by atoms with Crippen molar-refractivity contribution in [1.29, 1.82) is 0 Å². The van der Waals surface area contributed by atoms with E-state index in [1.165, 1.54) is 11.1 Å². The van der Waals surface area contributed by atoms with Crippen molar-refractivity contribution in [1.82, 2.24) is 24.8 Å². The van der Waals surface area contributed by atoms with Crippen LogP contribution in [0.4, 0.5) is 0 Å². The minimum absolute atomic E-state index is 0.00700. The summed E-state index contributed by atoms with van der Waals surface area (Å²) < 4.78 is 5.00. The third-order valence-corrected chi connectivity index (χ3v) is 8.26. The molecule has 2 heterocycles. The number of phenols is 1. The number of hydrogen-bond acceptors (Lipinski definition) is 7. The number of unbranched alkanes of at least 4 members (excludes halogenated alkanes) is 1. The Morgan fingerprint density at radius 2 is 1.74 bits per heavy atom. The first-order chi connectivity index (χ1) is 20.9. The van der Waals surface area contributed by atoms with E-state index in [-0.39, 0.29) is 17.8 Å². The molecule has 1 aliphatic heterocycles. The molecule has 43 heavy (non-hydrogen) atoms. The number of nitrogens with zero attached hydrogens (tertiary/aromatic N) is 5. The Hall–Kier alpha value is -4.01. The lowest BCUT2D eigenvalue weighted by Crippen LogP contribution is -2.56. The molecule has 0 radical (unpaired) electrons. The van der Waals surface area contributed by atoms with Crippen molar-refractivity contribution >= 4 is 5.97 Å². The molecule has 0 bridgehead atoms. The highest BCUT2D eigenvalue weighted by Crippen LogP contribution is 2.35. The van der Waals surface area contributed by atoms with Crippen LogP contribution in [0, 0.1) is 0 Å². The molecule has 4 aromatic rings. The lowest BCUT2D eigenvalue weighted by atomic mass is 9.92. The maximum atomic E-state index is 11.6. The van der Waals surface area contributed by atoms with Gasteiger partial charge in [-0.15, -0.1) is 0 Å². The van der Waals surface area contributed by atoms with Gasteiger partial charge >= 0.3 is 5.97 Å². The fraction of sp³-hybridized carbons (Fsp3) is 0.400. The van der Waals surface area contributed by atoms with E-state index in [0.29, 0.717) is 31.7 Å². The number of carbonyl (C=O) groups is 1. The number of aryl methyl sites for hydroxylation is 1. The molecule has 0 amide bonds. The average Bonchev–Trinajstić information content (AvgIpc) is 3.48. The van der Waals surface area contributed by atoms with Crippen LogP contribution in [0.3, 0.4) is 0 Å². The fourth-order valence-corrected chi connectivity index (χ4v) is 6.02. The smallest absolute Gasteiger partial charge is 0.305 e. The van der Waals surface area contributed by atoms with Gasteiger partial charge in [-0.25, -0.2) is 0 Å². The molecule has 3 aromatic carbocycles. The van der Waals surface area contributed by atoms with Gasteiger partial charge in [0.1, 0.15) is 11.4 Å². The van der Waals surface area contributed by atoms with E-state index >= 15 is 0 Å². The van der Waals surface area contributed by atoms with Gasteiger partial charge in [0.15, 0.2) is 0 Å². The van der Waals surface area contributed by atoms with Crippen molar-refractivity contribution in [3.05, 3.63) is 102 Å². The van der Waals surface area contributed by atoms with E-state index in [1.807, 2.05) is 19.1 Å². The number of benzene rings is 3. The maximum absolute atomic E-state index is 11.6. The highest BCUT2D eigenvalue weighted by molar-refractivity contribution is 5.69. The maximum Gasteiger partial charge on any atom is 0.305 e. The van der Waals surface area contributed by atoms with E-state index < -0.39 is 0 Å². The molecular weight excluding hydrogens is 538 g/mol. The summed E-state index contributed by atoms with van der Waals surface area (Å²) in [6, 6.07) is 27.6. The number of rotatable bonds is 12. The zero-order valence-corrected chi connectivity index (χ0v) is 25.5. The standard InChI is InChI=1S/C35H43N5O3/c1-4-43-34(42)15-8-9-20-40-36-22-33(37-40)29-16-18-30(19-17-29)35(31-13-10-14-32(41)21-31)39-24-26(2)38(23-27(39)3)25-28-11-6-5-7-12-28/h5-7,10-14,16-19,21-22,26-27,35,41H,4,8-9,15,20,23-25H2,1-3H3/t26-,27+,35-/m1/s1. The van der Waals surface area contributed by atoms with Crippen LogP contribution in [0.25, 0.3) is 11.3 Å². The average molecular weight is 582 g/mol. The first-order valence-corrected chi connectivity index (χ1v) is 15.4. The molecule has 1 N–H and O–H groups in total. The summed E-state index contributed by atoms with van der Waals surface area (Å²) >= 11 is 0. The Balaban J connectivity index is 1.30. The predicted molar refractivity (Wildman–Crippen MR) is 168 cm³/mol. The van der Waals surface area contributed by atoms with Crippen molar-refractivity contribution in [3.8, 4) is 17.0 Å². The van der Waals surface area contributed by atoms with Crippen LogP contribution in [0.2, 0.25) is 0 Å². The lowest BCUT2D eigenvalue weighted by molar-refractivity contribution is -0.143. The summed E-state index contributed by atoms with van der Waals surface area (Å²) in [5.74, 6) is 0.125. The SMILES string of the molecule is CCOC(=O)CCCCn1ncc(-c2ccc([C@H](c3cccc(O)c3)N3C[C@@H](C)N(Cc4ccccc4)C[C@@H]3C)cc2)n1. The second-order valence-corrected chi connectivity index (χ2v) is 11.5. The molecule has 1 fully saturated rings. The summed E-state index contributed by atoms with van der Waals surface area (Å²) in [5.41, 5.74) is 5.42. The molecule has 226 valence electrons. The highest BCUT2D eigenvalue weighted by atomic mass is 16.5. The summed E-state index contributed by atoms with van der Waals surface area (Å²) in [6.45, 7) is 10.3. The van der Waals surface area contributed by atoms with Gasteiger partial charge in [-0.3, -0.25) is 14.6 Å². The van der Waals surface area contributed by atoms with E-state index in [1.54, 1.807) is 17.1 Å². The van der Waals surface area contributed by atoms with Crippen LogP contribution in [0.15, 0.2) is 85.1 Å². The molecule has 1 aliphatic rings. The van der Waals surface area contributed by atoms with Crippen LogP contribution in [0.1, 0.15) is 62.8 Å². The molecule has 0 aliphatic carbocycles. The second-order valence-electron chi connectivity index (χ2n) is 11.5. The minimum Gasteiger partial charge on any atom is -0.508 e. The monoisotopic (exact) mass is 581 g/mol. The number of aromatic nitrogens is 3. The lowest BCUT2D eigenvalue weighted by Gasteiger charge is -2.47. The number of esters is 1. The molecule has 1 aromatic heterocycles. The zero-order chi connectivity index (χ0) is 30.2. The Morgan fingerprint density at radius 1 is 0.953 bits per heavy atom. The fourth-order valence-electron chi connectivity index (χ4n) is 6.02. The van der Waals surface area contributed by atoms with E-state index in [9.17, 15) is 9.90 Å². The van der Waals surface area contributed by atoms with Crippen molar-refractivity contribution in [2.45, 2.75) is 71.2 Å². The Bertz CT molecular complexity index is 1460. The predicted octanol–water partition coefficient (Wildman–Crippen LogP) is 6.07. The van der Waals surface area contributed by atoms with E-state index in [0.717, 1.165) is 49.3 Å². The molecule has 0 spiro atoms. The molecular formula is C35H43N5O3. The molecule has 5 rings (SSSR count). The van der Waals surface area contributed by atoms with E-state index in [2.05, 4.69) is 94.5 Å². The third-order valence-electron chi connectivity index (χ3n) is 8.26. The molecule has 3 atom stereocenters.